The maximum atomic E-state index is 12.3. The monoisotopic (exact) mass is 619 g/mol. The van der Waals surface area contributed by atoms with Gasteiger partial charge in [0.05, 0.1) is 24.0 Å². The summed E-state index contributed by atoms with van der Waals surface area (Å²) in [6, 6.07) is 10.4. The van der Waals surface area contributed by atoms with Crippen LogP contribution < -0.4 is 15.4 Å². The molecule has 1 aliphatic heterocycles. The van der Waals surface area contributed by atoms with Crippen molar-refractivity contribution in [3.63, 3.8) is 0 Å². The number of likely N-dealkylation sites (N-methyl/N-ethyl adjacent to an activating group) is 1. The molecular weight excluding hydrogens is 579 g/mol. The van der Waals surface area contributed by atoms with Gasteiger partial charge in [0, 0.05) is 51.5 Å². The van der Waals surface area contributed by atoms with E-state index in [0.29, 0.717) is 25.1 Å². The third-order valence-corrected chi connectivity index (χ3v) is 7.15. The number of halogens is 3. The SMILES string of the molecule is CNC(=O)C(CCC=O)NCc1cc(O)ccc1C(C)OC.FC(F)(F)Oc1cccc(-n2cc(CN3CCCC3)cn2)c1. The Balaban J connectivity index is 0.000000240. The molecule has 0 radical (unpaired) electrons. The number of rotatable bonds is 13. The lowest BCUT2D eigenvalue weighted by atomic mass is 10.0. The van der Waals surface area contributed by atoms with Crippen LogP contribution in [0.4, 0.5) is 13.2 Å². The first-order valence-corrected chi connectivity index (χ1v) is 14.4. The Hall–Kier alpha value is -3.94. The molecule has 2 atom stereocenters. The molecule has 1 amide bonds. The summed E-state index contributed by atoms with van der Waals surface area (Å²) in [5, 5.41) is 19.6. The van der Waals surface area contributed by atoms with Gasteiger partial charge in [0.15, 0.2) is 0 Å². The van der Waals surface area contributed by atoms with Gasteiger partial charge in [0.2, 0.25) is 5.91 Å². The highest BCUT2D eigenvalue weighted by atomic mass is 19.4. The van der Waals surface area contributed by atoms with E-state index in [0.717, 1.165) is 42.6 Å². The fraction of sp³-hybridized carbons (Fsp3) is 0.452. The molecule has 0 saturated carbocycles. The Morgan fingerprint density at radius 1 is 1.18 bits per heavy atom. The molecule has 0 aliphatic carbocycles. The van der Waals surface area contributed by atoms with Crippen LogP contribution in [-0.2, 0) is 27.4 Å². The van der Waals surface area contributed by atoms with Gasteiger partial charge in [0.1, 0.15) is 17.8 Å². The van der Waals surface area contributed by atoms with Gasteiger partial charge in [-0.05, 0) is 74.7 Å². The number of aromatic nitrogens is 2. The fourth-order valence-electron chi connectivity index (χ4n) is 4.84. The largest absolute Gasteiger partial charge is 0.573 e. The zero-order valence-electron chi connectivity index (χ0n) is 25.1. The normalized spacial score (nSPS) is 14.8. The van der Waals surface area contributed by atoms with E-state index in [4.69, 9.17) is 4.74 Å². The number of ether oxygens (including phenoxy) is 2. The summed E-state index contributed by atoms with van der Waals surface area (Å²) in [5.41, 5.74) is 3.38. The molecule has 2 unspecified atom stereocenters. The van der Waals surface area contributed by atoms with Crippen molar-refractivity contribution in [2.24, 2.45) is 0 Å². The molecule has 0 spiro atoms. The minimum absolute atomic E-state index is 0.120. The van der Waals surface area contributed by atoms with E-state index in [9.17, 15) is 27.9 Å². The third kappa shape index (κ3) is 11.0. The van der Waals surface area contributed by atoms with E-state index in [1.54, 1.807) is 49.3 Å². The van der Waals surface area contributed by atoms with Crippen LogP contribution in [0.2, 0.25) is 0 Å². The smallest absolute Gasteiger partial charge is 0.508 e. The molecule has 1 aliphatic rings. The molecule has 3 N–H and O–H groups in total. The summed E-state index contributed by atoms with van der Waals surface area (Å²) >= 11 is 0. The van der Waals surface area contributed by atoms with Crippen molar-refractivity contribution in [3.8, 4) is 17.2 Å². The molecule has 3 aromatic rings. The van der Waals surface area contributed by atoms with E-state index in [1.165, 1.54) is 31.0 Å². The Kier molecular flexibility index (Phi) is 13.2. The Morgan fingerprint density at radius 3 is 2.59 bits per heavy atom. The number of nitrogens with one attached hydrogen (secondary N) is 2. The quantitative estimate of drug-likeness (QED) is 0.237. The number of hydrogen-bond donors (Lipinski definition) is 3. The summed E-state index contributed by atoms with van der Waals surface area (Å²) < 4.78 is 47.6. The first-order valence-electron chi connectivity index (χ1n) is 14.4. The number of alkyl halides is 3. The molecule has 2 heterocycles. The molecule has 240 valence electrons. The molecule has 4 rings (SSSR count). The predicted molar refractivity (Wildman–Crippen MR) is 158 cm³/mol. The predicted octanol–water partition coefficient (Wildman–Crippen LogP) is 4.65. The van der Waals surface area contributed by atoms with Crippen molar-refractivity contribution < 1.29 is 37.3 Å². The summed E-state index contributed by atoms with van der Waals surface area (Å²) in [6.45, 7) is 5.30. The zero-order valence-corrected chi connectivity index (χ0v) is 25.1. The van der Waals surface area contributed by atoms with Crippen molar-refractivity contribution >= 4 is 12.2 Å². The van der Waals surface area contributed by atoms with E-state index in [1.807, 2.05) is 13.1 Å². The second kappa shape index (κ2) is 16.8. The molecule has 13 heteroatoms. The number of carbonyl (C=O) groups excluding carboxylic acids is 2. The van der Waals surface area contributed by atoms with Crippen LogP contribution in [0.15, 0.2) is 54.9 Å². The highest BCUT2D eigenvalue weighted by Gasteiger charge is 2.31. The first-order chi connectivity index (χ1) is 21.0. The van der Waals surface area contributed by atoms with Crippen LogP contribution in [0.5, 0.6) is 11.5 Å². The highest BCUT2D eigenvalue weighted by Crippen LogP contribution is 2.26. The van der Waals surface area contributed by atoms with Crippen molar-refractivity contribution in [1.29, 1.82) is 0 Å². The lowest BCUT2D eigenvalue weighted by Crippen LogP contribution is -2.42. The van der Waals surface area contributed by atoms with Crippen LogP contribution in [0.1, 0.15) is 55.4 Å². The second-order valence-corrected chi connectivity index (χ2v) is 10.4. The van der Waals surface area contributed by atoms with E-state index < -0.39 is 12.4 Å². The van der Waals surface area contributed by atoms with Crippen molar-refractivity contribution in [2.75, 3.05) is 27.2 Å². The lowest BCUT2D eigenvalue weighted by Gasteiger charge is -2.20. The van der Waals surface area contributed by atoms with Crippen molar-refractivity contribution in [2.45, 2.75) is 64.2 Å². The van der Waals surface area contributed by atoms with E-state index >= 15 is 0 Å². The van der Waals surface area contributed by atoms with Crippen LogP contribution in [0.3, 0.4) is 0 Å². The van der Waals surface area contributed by atoms with Crippen LogP contribution in [0.25, 0.3) is 5.69 Å². The van der Waals surface area contributed by atoms with Crippen molar-refractivity contribution in [3.05, 3.63) is 71.5 Å². The number of likely N-dealkylation sites (tertiary alicyclic amines) is 1. The van der Waals surface area contributed by atoms with E-state index in [-0.39, 0.29) is 23.5 Å². The topological polar surface area (TPSA) is 118 Å². The van der Waals surface area contributed by atoms with Gasteiger partial charge >= 0.3 is 6.36 Å². The number of carbonyl (C=O) groups is 2. The van der Waals surface area contributed by atoms with E-state index in [2.05, 4.69) is 25.4 Å². The number of amides is 1. The van der Waals surface area contributed by atoms with Gasteiger partial charge in [0.25, 0.3) is 0 Å². The Morgan fingerprint density at radius 2 is 1.93 bits per heavy atom. The third-order valence-electron chi connectivity index (χ3n) is 7.15. The molecule has 0 bridgehead atoms. The number of phenolic OH excluding ortho intramolecular Hbond substituents is 1. The van der Waals surface area contributed by atoms with Crippen LogP contribution in [0, 0.1) is 0 Å². The molecular formula is C31H40F3N5O5. The van der Waals surface area contributed by atoms with Gasteiger partial charge in [-0.1, -0.05) is 12.1 Å². The van der Waals surface area contributed by atoms with Gasteiger partial charge in [-0.25, -0.2) is 4.68 Å². The summed E-state index contributed by atoms with van der Waals surface area (Å²) in [4.78, 5) is 24.7. The Bertz CT molecular complexity index is 1340. The minimum Gasteiger partial charge on any atom is -0.508 e. The number of benzene rings is 2. The van der Waals surface area contributed by atoms with Gasteiger partial charge in [-0.3, -0.25) is 9.69 Å². The Labute approximate surface area is 255 Å². The molecule has 1 aromatic heterocycles. The summed E-state index contributed by atoms with van der Waals surface area (Å²) in [6.07, 6.45) is 2.74. The van der Waals surface area contributed by atoms with Crippen molar-refractivity contribution in [1.82, 2.24) is 25.3 Å². The summed E-state index contributed by atoms with van der Waals surface area (Å²) in [7, 11) is 3.18. The minimum atomic E-state index is -4.69. The number of phenols is 1. The second-order valence-electron chi connectivity index (χ2n) is 10.4. The number of aldehydes is 1. The molecule has 1 fully saturated rings. The average Bonchev–Trinajstić information content (AvgIpc) is 3.69. The number of nitrogens with zero attached hydrogens (tertiary/aromatic N) is 3. The number of methoxy groups -OCH3 is 1. The average molecular weight is 620 g/mol. The number of hydrogen-bond acceptors (Lipinski definition) is 8. The van der Waals surface area contributed by atoms with Gasteiger partial charge in [-0.2, -0.15) is 5.10 Å². The van der Waals surface area contributed by atoms with Gasteiger partial charge < -0.3 is 30.0 Å². The van der Waals surface area contributed by atoms with Crippen LogP contribution in [-0.4, -0.2) is 71.6 Å². The maximum absolute atomic E-state index is 12.3. The fourth-order valence-corrected chi connectivity index (χ4v) is 4.84. The molecule has 10 nitrogen and oxygen atoms in total. The summed E-state index contributed by atoms with van der Waals surface area (Å²) in [5.74, 6) is -0.252. The molecule has 1 saturated heterocycles. The maximum Gasteiger partial charge on any atom is 0.573 e. The molecule has 44 heavy (non-hydrogen) atoms. The lowest BCUT2D eigenvalue weighted by molar-refractivity contribution is -0.274. The molecule has 2 aromatic carbocycles. The van der Waals surface area contributed by atoms with Gasteiger partial charge in [-0.15, -0.1) is 13.2 Å². The standard InChI is InChI=1S/C16H24N2O4.C15H16F3N3O/c1-11(22-3)14-7-6-13(20)9-12(14)10-18-15(5-4-8-19)16(21)17-2;16-15(17,18)22-14-5-3-4-13(8-14)21-11-12(9-19-21)10-20-6-1-2-7-20/h6-9,11,15,18,20H,4-5,10H2,1-3H3,(H,17,21);3-5,8-9,11H,1-2,6-7,10H2. The first kappa shape index (κ1) is 34.5. The van der Waals surface area contributed by atoms with Crippen LogP contribution >= 0.6 is 0 Å². The highest BCUT2D eigenvalue weighted by molar-refractivity contribution is 5.81. The zero-order chi connectivity index (χ0) is 32.1. The number of aromatic hydroxyl groups is 1.